The van der Waals surface area contributed by atoms with Gasteiger partial charge in [0.25, 0.3) is 11.1 Å². The van der Waals surface area contributed by atoms with Gasteiger partial charge in [-0.25, -0.2) is 0 Å². The topological polar surface area (TPSA) is 103 Å². The molecule has 0 radical (unpaired) electrons. The van der Waals surface area contributed by atoms with Gasteiger partial charge in [0.1, 0.15) is 10.7 Å². The number of rotatable bonds is 2. The molecule has 28 heavy (non-hydrogen) atoms. The molecule has 0 bridgehead atoms. The third kappa shape index (κ3) is 2.90. The van der Waals surface area contributed by atoms with Crippen LogP contribution in [-0.2, 0) is 0 Å². The monoisotopic (exact) mass is 378 g/mol. The summed E-state index contributed by atoms with van der Waals surface area (Å²) in [5, 5.41) is 0.290. The fourth-order valence-corrected chi connectivity index (χ4v) is 3.04. The second kappa shape index (κ2) is 6.34. The highest BCUT2D eigenvalue weighted by atomic mass is 16.7. The van der Waals surface area contributed by atoms with E-state index < -0.39 is 11.1 Å². The molecule has 3 heterocycles. The van der Waals surface area contributed by atoms with Crippen molar-refractivity contribution in [2.75, 3.05) is 13.6 Å². The zero-order chi connectivity index (χ0) is 19.1. The Kier molecular flexibility index (Phi) is 3.68. The highest BCUT2D eigenvalue weighted by molar-refractivity contribution is 5.57. The van der Waals surface area contributed by atoms with E-state index in [-0.39, 0.29) is 24.3 Å². The molecule has 2 N–H and O–H groups in total. The predicted octanol–water partition coefficient (Wildman–Crippen LogP) is 0.178. The molecular formula is C20H14N2O6. The molecule has 0 atom stereocenters. The molecule has 8 nitrogen and oxygen atoms in total. The maximum absolute atomic E-state index is 12.4. The van der Waals surface area contributed by atoms with Crippen molar-refractivity contribution < 1.29 is 18.9 Å². The van der Waals surface area contributed by atoms with Crippen molar-refractivity contribution >= 4 is 12.2 Å². The summed E-state index contributed by atoms with van der Waals surface area (Å²) in [4.78, 5) is 30.1. The van der Waals surface area contributed by atoms with Gasteiger partial charge in [-0.05, 0) is 47.5 Å². The van der Waals surface area contributed by atoms with Gasteiger partial charge < -0.3 is 28.9 Å². The Labute approximate surface area is 157 Å². The molecular weight excluding hydrogens is 364 g/mol. The van der Waals surface area contributed by atoms with Crippen LogP contribution in [0.1, 0.15) is 11.1 Å². The molecule has 2 aliphatic heterocycles. The van der Waals surface area contributed by atoms with E-state index in [9.17, 15) is 9.59 Å². The molecule has 0 fully saturated rings. The van der Waals surface area contributed by atoms with E-state index in [0.29, 0.717) is 34.1 Å². The van der Waals surface area contributed by atoms with Crippen molar-refractivity contribution in [3.05, 3.63) is 78.9 Å². The van der Waals surface area contributed by atoms with Crippen LogP contribution in [0, 0.1) is 0 Å². The normalized spacial score (nSPS) is 15.3. The number of hydrogen-bond donors (Lipinski definition) is 2. The van der Waals surface area contributed by atoms with Gasteiger partial charge in [-0.3, -0.25) is 9.59 Å². The minimum absolute atomic E-state index is 0.145. The van der Waals surface area contributed by atoms with Gasteiger partial charge in [-0.1, -0.05) is 12.1 Å². The maximum atomic E-state index is 12.4. The van der Waals surface area contributed by atoms with E-state index in [1.807, 2.05) is 0 Å². The van der Waals surface area contributed by atoms with Gasteiger partial charge in [0.15, 0.2) is 23.0 Å². The average Bonchev–Trinajstić information content (AvgIpc) is 3.34. The average molecular weight is 378 g/mol. The van der Waals surface area contributed by atoms with Crippen LogP contribution in [-0.4, -0.2) is 23.6 Å². The first-order valence-corrected chi connectivity index (χ1v) is 8.51. The third-order valence-corrected chi connectivity index (χ3v) is 4.40. The van der Waals surface area contributed by atoms with Gasteiger partial charge in [-0.15, -0.1) is 0 Å². The first-order valence-electron chi connectivity index (χ1n) is 8.51. The summed E-state index contributed by atoms with van der Waals surface area (Å²) in [6, 6.07) is 10.5. The fourth-order valence-electron chi connectivity index (χ4n) is 3.04. The molecule has 8 heteroatoms. The molecule has 0 saturated carbocycles. The van der Waals surface area contributed by atoms with E-state index >= 15 is 0 Å². The summed E-state index contributed by atoms with van der Waals surface area (Å²) in [7, 11) is 0. The van der Waals surface area contributed by atoms with Crippen molar-refractivity contribution in [2.24, 2.45) is 0 Å². The lowest BCUT2D eigenvalue weighted by molar-refractivity contribution is 0.173. The van der Waals surface area contributed by atoms with Crippen molar-refractivity contribution in [1.29, 1.82) is 0 Å². The highest BCUT2D eigenvalue weighted by Gasteiger charge is 2.13. The summed E-state index contributed by atoms with van der Waals surface area (Å²) < 4.78 is 21.2. The second-order valence-corrected chi connectivity index (χ2v) is 6.25. The van der Waals surface area contributed by atoms with Crippen molar-refractivity contribution in [2.45, 2.75) is 0 Å². The smallest absolute Gasteiger partial charge is 0.272 e. The maximum Gasteiger partial charge on any atom is 0.272 e. The minimum atomic E-state index is -0.413. The van der Waals surface area contributed by atoms with Crippen LogP contribution in [0.4, 0.5) is 0 Å². The zero-order valence-electron chi connectivity index (χ0n) is 14.5. The van der Waals surface area contributed by atoms with Crippen molar-refractivity contribution in [3.8, 4) is 23.0 Å². The Morgan fingerprint density at radius 3 is 1.54 bits per heavy atom. The summed E-state index contributed by atoms with van der Waals surface area (Å²) in [5.74, 6) is 2.49. The van der Waals surface area contributed by atoms with Gasteiger partial charge >= 0.3 is 0 Å². The lowest BCUT2D eigenvalue weighted by Crippen LogP contribution is -2.46. The molecule has 0 spiro atoms. The number of hydrogen-bond acceptors (Lipinski definition) is 6. The molecule has 140 valence electrons. The van der Waals surface area contributed by atoms with E-state index in [2.05, 4.69) is 9.97 Å². The van der Waals surface area contributed by atoms with E-state index in [1.54, 1.807) is 48.6 Å². The highest BCUT2D eigenvalue weighted by Crippen LogP contribution is 2.33. The van der Waals surface area contributed by atoms with E-state index in [0.717, 1.165) is 0 Å². The van der Waals surface area contributed by atoms with Crippen LogP contribution >= 0.6 is 0 Å². The predicted molar refractivity (Wildman–Crippen MR) is 99.2 cm³/mol. The molecule has 2 aliphatic rings. The Morgan fingerprint density at radius 2 is 1.07 bits per heavy atom. The van der Waals surface area contributed by atoms with E-state index in [1.165, 1.54) is 0 Å². The second-order valence-electron chi connectivity index (χ2n) is 6.25. The number of H-pyrrole nitrogens is 2. The quantitative estimate of drug-likeness (QED) is 0.660. The van der Waals surface area contributed by atoms with Crippen LogP contribution < -0.4 is 40.8 Å². The number of aromatic amines is 2. The molecule has 0 unspecified atom stereocenters. The lowest BCUT2D eigenvalue weighted by atomic mass is 10.2. The fraction of sp³-hybridized carbons (Fsp3) is 0.100. The number of aromatic nitrogens is 2. The van der Waals surface area contributed by atoms with Crippen LogP contribution in [0.5, 0.6) is 23.0 Å². The van der Waals surface area contributed by atoms with Gasteiger partial charge in [-0.2, -0.15) is 0 Å². The third-order valence-electron chi connectivity index (χ3n) is 4.40. The first-order chi connectivity index (χ1) is 13.7. The van der Waals surface area contributed by atoms with Crippen LogP contribution in [0.2, 0.25) is 0 Å². The molecule has 0 aliphatic carbocycles. The zero-order valence-corrected chi connectivity index (χ0v) is 14.5. The summed E-state index contributed by atoms with van der Waals surface area (Å²) >= 11 is 0. The van der Waals surface area contributed by atoms with Gasteiger partial charge in [0.05, 0.1) is 0 Å². The van der Waals surface area contributed by atoms with Crippen molar-refractivity contribution in [1.82, 2.24) is 9.97 Å². The van der Waals surface area contributed by atoms with E-state index in [4.69, 9.17) is 18.9 Å². The largest absolute Gasteiger partial charge is 0.454 e. The number of ether oxygens (including phenoxy) is 4. The summed E-state index contributed by atoms with van der Waals surface area (Å²) in [5.41, 5.74) is 0.587. The van der Waals surface area contributed by atoms with Gasteiger partial charge in [0.2, 0.25) is 13.6 Å². The Bertz CT molecular complexity index is 1220. The van der Waals surface area contributed by atoms with Crippen LogP contribution in [0.25, 0.3) is 12.2 Å². The Balaban J connectivity index is 1.56. The van der Waals surface area contributed by atoms with Crippen LogP contribution in [0.3, 0.4) is 0 Å². The van der Waals surface area contributed by atoms with Crippen molar-refractivity contribution in [3.63, 3.8) is 0 Å². The number of benzene rings is 2. The molecule has 0 amide bonds. The molecule has 5 rings (SSSR count). The molecule has 1 aromatic heterocycles. The number of fused-ring (bicyclic) bond motifs is 2. The number of nitrogens with one attached hydrogen (secondary N) is 2. The van der Waals surface area contributed by atoms with Crippen LogP contribution in [0.15, 0.2) is 46.0 Å². The lowest BCUT2D eigenvalue weighted by Gasteiger charge is -1.98. The van der Waals surface area contributed by atoms with Gasteiger partial charge in [0, 0.05) is 0 Å². The Morgan fingerprint density at radius 1 is 0.643 bits per heavy atom. The SMILES string of the molecule is O=c1[nH]/c(=C\c2ccc3c(c2)OCO3)c(=O)[nH]/c1=C\c1ccc2c(c1)OCO2. The summed E-state index contributed by atoms with van der Waals surface area (Å²) in [6.45, 7) is 0.335. The minimum Gasteiger partial charge on any atom is -0.454 e. The Hall–Kier alpha value is -3.94. The summed E-state index contributed by atoms with van der Waals surface area (Å²) in [6.07, 6.45) is 3.15. The first kappa shape index (κ1) is 16.2. The molecule has 0 saturated heterocycles. The standard InChI is InChI=1S/C20H14N2O6/c23-19-13(5-11-1-3-15-17(7-11)27-9-25-15)21-20(24)14(22-19)6-12-2-4-16-18(8-12)28-10-26-16/h1-8H,9-10H2,(H,21,24)(H,22,23)/b13-5-,14-6-. The molecule has 3 aromatic rings. The molecule has 2 aromatic carbocycles.